The lowest BCUT2D eigenvalue weighted by molar-refractivity contribution is -0.123. The molecule has 0 saturated heterocycles. The second kappa shape index (κ2) is 10.8. The van der Waals surface area contributed by atoms with E-state index in [2.05, 4.69) is 10.6 Å². The summed E-state index contributed by atoms with van der Waals surface area (Å²) in [5.74, 6) is 0.0484. The minimum absolute atomic E-state index is 0.239. The SMILES string of the molecule is CSCCC(NC(=O)c1ccc(Cl)cc1Cl)C(=O)NCc1cccc(Cl)c1. The van der Waals surface area contributed by atoms with Crippen molar-refractivity contribution in [2.24, 2.45) is 0 Å². The van der Waals surface area contributed by atoms with E-state index in [0.29, 0.717) is 23.0 Å². The third-order valence-electron chi connectivity index (χ3n) is 3.76. The molecule has 0 aliphatic carbocycles. The van der Waals surface area contributed by atoms with Crippen LogP contribution in [0.1, 0.15) is 22.3 Å². The standard InChI is InChI=1S/C19H19Cl3N2O2S/c1-27-8-7-17(19(26)23-11-12-3-2-4-13(20)9-12)24-18(25)15-6-5-14(21)10-16(15)22/h2-6,9-10,17H,7-8,11H2,1H3,(H,23,26)(H,24,25). The maximum absolute atomic E-state index is 12.6. The number of carbonyl (C=O) groups excluding carboxylic acids is 2. The number of thioether (sulfide) groups is 1. The van der Waals surface area contributed by atoms with Crippen molar-refractivity contribution in [3.8, 4) is 0 Å². The molecule has 0 heterocycles. The fraction of sp³-hybridized carbons (Fsp3) is 0.263. The number of halogens is 3. The average Bonchev–Trinajstić information content (AvgIpc) is 2.63. The minimum atomic E-state index is -0.670. The number of hydrogen-bond donors (Lipinski definition) is 2. The summed E-state index contributed by atoms with van der Waals surface area (Å²) in [6, 6.07) is 11.2. The zero-order valence-corrected chi connectivity index (χ0v) is 17.7. The molecule has 2 aromatic carbocycles. The van der Waals surface area contributed by atoms with Gasteiger partial charge in [-0.25, -0.2) is 0 Å². The Morgan fingerprint density at radius 1 is 1.07 bits per heavy atom. The van der Waals surface area contributed by atoms with E-state index in [1.165, 1.54) is 12.1 Å². The summed E-state index contributed by atoms with van der Waals surface area (Å²) in [7, 11) is 0. The van der Waals surface area contributed by atoms with Crippen LogP contribution in [-0.2, 0) is 11.3 Å². The van der Waals surface area contributed by atoms with E-state index in [1.54, 1.807) is 30.0 Å². The van der Waals surface area contributed by atoms with Gasteiger partial charge in [0.15, 0.2) is 0 Å². The molecule has 0 aromatic heterocycles. The lowest BCUT2D eigenvalue weighted by Gasteiger charge is -2.19. The Morgan fingerprint density at radius 2 is 1.81 bits per heavy atom. The summed E-state index contributed by atoms with van der Waals surface area (Å²) in [5.41, 5.74) is 1.16. The summed E-state index contributed by atoms with van der Waals surface area (Å²) in [6.07, 6.45) is 2.44. The summed E-state index contributed by atoms with van der Waals surface area (Å²) in [4.78, 5) is 25.1. The highest BCUT2D eigenvalue weighted by atomic mass is 35.5. The van der Waals surface area contributed by atoms with Gasteiger partial charge in [0.1, 0.15) is 6.04 Å². The van der Waals surface area contributed by atoms with E-state index in [9.17, 15) is 9.59 Å². The highest BCUT2D eigenvalue weighted by molar-refractivity contribution is 7.98. The quantitative estimate of drug-likeness (QED) is 0.613. The van der Waals surface area contributed by atoms with E-state index < -0.39 is 11.9 Å². The first-order chi connectivity index (χ1) is 12.9. The zero-order chi connectivity index (χ0) is 19.8. The largest absolute Gasteiger partial charge is 0.350 e. The van der Waals surface area contributed by atoms with E-state index in [-0.39, 0.29) is 16.5 Å². The van der Waals surface area contributed by atoms with Gasteiger partial charge in [-0.15, -0.1) is 0 Å². The zero-order valence-electron chi connectivity index (χ0n) is 14.6. The monoisotopic (exact) mass is 444 g/mol. The van der Waals surface area contributed by atoms with Crippen LogP contribution in [0.15, 0.2) is 42.5 Å². The molecule has 0 saturated carbocycles. The van der Waals surface area contributed by atoms with Gasteiger partial charge in [-0.1, -0.05) is 46.9 Å². The number of amides is 2. The Hall–Kier alpha value is -1.40. The third kappa shape index (κ3) is 6.92. The summed E-state index contributed by atoms with van der Waals surface area (Å²) < 4.78 is 0. The molecule has 144 valence electrons. The number of benzene rings is 2. The van der Waals surface area contributed by atoms with Gasteiger partial charge in [-0.3, -0.25) is 9.59 Å². The molecule has 0 bridgehead atoms. The van der Waals surface area contributed by atoms with Crippen LogP contribution >= 0.6 is 46.6 Å². The fourth-order valence-electron chi connectivity index (χ4n) is 2.37. The molecule has 4 nitrogen and oxygen atoms in total. The van der Waals surface area contributed by atoms with Crippen LogP contribution in [0, 0.1) is 0 Å². The molecule has 27 heavy (non-hydrogen) atoms. The Kier molecular flexibility index (Phi) is 8.77. The second-order valence-corrected chi connectivity index (χ2v) is 8.05. The van der Waals surface area contributed by atoms with Crippen LogP contribution < -0.4 is 10.6 Å². The van der Waals surface area contributed by atoms with E-state index in [1.807, 2.05) is 18.4 Å². The van der Waals surface area contributed by atoms with Gasteiger partial charge in [0.05, 0.1) is 10.6 Å². The Morgan fingerprint density at radius 3 is 2.48 bits per heavy atom. The molecule has 1 atom stereocenters. The molecule has 1 unspecified atom stereocenters. The highest BCUT2D eigenvalue weighted by Gasteiger charge is 2.22. The lowest BCUT2D eigenvalue weighted by Crippen LogP contribution is -2.47. The molecule has 2 N–H and O–H groups in total. The third-order valence-corrected chi connectivity index (χ3v) is 5.19. The van der Waals surface area contributed by atoms with Crippen molar-refractivity contribution < 1.29 is 9.59 Å². The molecule has 0 fully saturated rings. The van der Waals surface area contributed by atoms with E-state index in [0.717, 1.165) is 11.3 Å². The summed E-state index contributed by atoms with van der Waals surface area (Å²) in [5, 5.41) is 6.88. The molecule has 2 rings (SSSR count). The van der Waals surface area contributed by atoms with E-state index in [4.69, 9.17) is 34.8 Å². The minimum Gasteiger partial charge on any atom is -0.350 e. The van der Waals surface area contributed by atoms with Crippen molar-refractivity contribution in [3.05, 3.63) is 68.7 Å². The normalized spacial score (nSPS) is 11.7. The topological polar surface area (TPSA) is 58.2 Å². The van der Waals surface area contributed by atoms with Crippen LogP contribution in [0.25, 0.3) is 0 Å². The highest BCUT2D eigenvalue weighted by Crippen LogP contribution is 2.21. The predicted molar refractivity (Wildman–Crippen MR) is 114 cm³/mol. The molecule has 0 radical (unpaired) electrons. The first-order valence-corrected chi connectivity index (χ1v) is 10.7. The molecule has 0 aliphatic rings. The van der Waals surface area contributed by atoms with Gasteiger partial charge in [-0.05, 0) is 54.3 Å². The number of rotatable bonds is 8. The van der Waals surface area contributed by atoms with Gasteiger partial charge >= 0.3 is 0 Å². The van der Waals surface area contributed by atoms with Crippen molar-refractivity contribution in [1.29, 1.82) is 0 Å². The first-order valence-electron chi connectivity index (χ1n) is 8.17. The molecule has 8 heteroatoms. The van der Waals surface area contributed by atoms with Gasteiger partial charge in [0.2, 0.25) is 5.91 Å². The van der Waals surface area contributed by atoms with Crippen molar-refractivity contribution in [2.45, 2.75) is 19.0 Å². The summed E-state index contributed by atoms with van der Waals surface area (Å²) in [6.45, 7) is 0.326. The smallest absolute Gasteiger partial charge is 0.253 e. The van der Waals surface area contributed by atoms with Gasteiger partial charge in [-0.2, -0.15) is 11.8 Å². The molecule has 0 aliphatic heterocycles. The van der Waals surface area contributed by atoms with Gasteiger partial charge in [0, 0.05) is 16.6 Å². The Labute approximate surface area is 177 Å². The van der Waals surface area contributed by atoms with Gasteiger partial charge in [0.25, 0.3) is 5.91 Å². The summed E-state index contributed by atoms with van der Waals surface area (Å²) >= 11 is 19.5. The van der Waals surface area contributed by atoms with Crippen LogP contribution in [0.3, 0.4) is 0 Å². The Balaban J connectivity index is 2.04. The molecular weight excluding hydrogens is 427 g/mol. The number of carbonyl (C=O) groups is 2. The number of nitrogens with one attached hydrogen (secondary N) is 2. The van der Waals surface area contributed by atoms with Crippen molar-refractivity contribution in [2.75, 3.05) is 12.0 Å². The molecule has 2 aromatic rings. The predicted octanol–water partition coefficient (Wildman–Crippen LogP) is 4.81. The molecular formula is C19H19Cl3N2O2S. The first kappa shape index (κ1) is 21.9. The van der Waals surface area contributed by atoms with E-state index >= 15 is 0 Å². The number of hydrogen-bond acceptors (Lipinski definition) is 3. The van der Waals surface area contributed by atoms with Crippen molar-refractivity contribution in [3.63, 3.8) is 0 Å². The Bertz CT molecular complexity index is 817. The van der Waals surface area contributed by atoms with Crippen LogP contribution in [0.2, 0.25) is 15.1 Å². The lowest BCUT2D eigenvalue weighted by atomic mass is 10.1. The maximum Gasteiger partial charge on any atom is 0.253 e. The van der Waals surface area contributed by atoms with Crippen molar-refractivity contribution in [1.82, 2.24) is 10.6 Å². The second-order valence-electron chi connectivity index (χ2n) is 5.78. The molecule has 2 amide bonds. The average molecular weight is 446 g/mol. The van der Waals surface area contributed by atoms with Gasteiger partial charge < -0.3 is 10.6 Å². The fourth-order valence-corrected chi connectivity index (χ4v) is 3.55. The van der Waals surface area contributed by atoms with Crippen LogP contribution in [0.5, 0.6) is 0 Å². The maximum atomic E-state index is 12.6. The van der Waals surface area contributed by atoms with Crippen LogP contribution in [-0.4, -0.2) is 29.9 Å². The van der Waals surface area contributed by atoms with Crippen molar-refractivity contribution >= 4 is 58.4 Å². The van der Waals surface area contributed by atoms with Crippen LogP contribution in [0.4, 0.5) is 0 Å². The molecule has 0 spiro atoms.